The molecule has 0 radical (unpaired) electrons. The maximum atomic E-state index is 12.4. The second kappa shape index (κ2) is 5.76. The summed E-state index contributed by atoms with van der Waals surface area (Å²) in [6, 6.07) is 12.6. The third-order valence-electron chi connectivity index (χ3n) is 2.77. The van der Waals surface area contributed by atoms with Crippen LogP contribution in [0.2, 0.25) is 0 Å². The van der Waals surface area contributed by atoms with Crippen LogP contribution in [0, 0.1) is 0 Å². The summed E-state index contributed by atoms with van der Waals surface area (Å²) >= 11 is 3.20. The minimum Gasteiger partial charge on any atom is -0.478 e. The summed E-state index contributed by atoms with van der Waals surface area (Å²) in [5, 5.41) is 9.08. The van der Waals surface area contributed by atoms with Gasteiger partial charge in [-0.15, -0.1) is 0 Å². The molecule has 0 spiro atoms. The van der Waals surface area contributed by atoms with Gasteiger partial charge in [-0.05, 0) is 39.7 Å². The van der Waals surface area contributed by atoms with E-state index in [0.717, 1.165) is 0 Å². The van der Waals surface area contributed by atoms with Gasteiger partial charge in [0.05, 0.1) is 16.2 Å². The fraction of sp³-hybridized carbons (Fsp3) is 0.0714. The number of carboxylic acids is 1. The van der Waals surface area contributed by atoms with E-state index in [1.165, 1.54) is 18.2 Å². The molecule has 0 aromatic heterocycles. The Kier molecular flexibility index (Phi) is 4.25. The van der Waals surface area contributed by atoms with Crippen molar-refractivity contribution in [2.24, 2.45) is 0 Å². The monoisotopic (exact) mass is 354 g/mol. The van der Waals surface area contributed by atoms with Crippen molar-refractivity contribution in [3.05, 3.63) is 64.1 Å². The van der Waals surface area contributed by atoms with Crippen molar-refractivity contribution in [2.75, 3.05) is 0 Å². The van der Waals surface area contributed by atoms with Crippen LogP contribution in [0.3, 0.4) is 0 Å². The molecule has 0 bridgehead atoms. The summed E-state index contributed by atoms with van der Waals surface area (Å²) in [6.07, 6.45) is 0. The van der Waals surface area contributed by atoms with Gasteiger partial charge < -0.3 is 5.11 Å². The van der Waals surface area contributed by atoms with E-state index in [9.17, 15) is 13.2 Å². The van der Waals surface area contributed by atoms with Crippen molar-refractivity contribution in [1.29, 1.82) is 0 Å². The highest BCUT2D eigenvalue weighted by atomic mass is 79.9. The van der Waals surface area contributed by atoms with Gasteiger partial charge in [0, 0.05) is 4.47 Å². The summed E-state index contributed by atoms with van der Waals surface area (Å²) in [5.41, 5.74) is 0.277. The number of carboxylic acid groups (broad SMARTS) is 1. The van der Waals surface area contributed by atoms with Gasteiger partial charge in [0.25, 0.3) is 0 Å². The van der Waals surface area contributed by atoms with E-state index in [1.54, 1.807) is 30.3 Å². The highest BCUT2D eigenvalue weighted by Crippen LogP contribution is 2.25. The molecule has 0 atom stereocenters. The Hall–Kier alpha value is -1.66. The van der Waals surface area contributed by atoms with E-state index in [2.05, 4.69) is 15.9 Å². The smallest absolute Gasteiger partial charge is 0.335 e. The summed E-state index contributed by atoms with van der Waals surface area (Å²) in [7, 11) is -3.61. The minimum absolute atomic E-state index is 0.00290. The molecule has 2 rings (SSSR count). The second-order valence-electron chi connectivity index (χ2n) is 4.15. The Bertz CT molecular complexity index is 753. The highest BCUT2D eigenvalue weighted by molar-refractivity contribution is 9.10. The molecule has 20 heavy (non-hydrogen) atoms. The minimum atomic E-state index is -3.61. The molecule has 0 saturated heterocycles. The average molecular weight is 355 g/mol. The molecule has 0 fully saturated rings. The van der Waals surface area contributed by atoms with Gasteiger partial charge in [-0.3, -0.25) is 0 Å². The molecule has 4 nitrogen and oxygen atoms in total. The van der Waals surface area contributed by atoms with Crippen LogP contribution in [0.4, 0.5) is 0 Å². The van der Waals surface area contributed by atoms with Crippen molar-refractivity contribution in [1.82, 2.24) is 0 Å². The number of rotatable bonds is 4. The van der Waals surface area contributed by atoms with Gasteiger partial charge in [0.15, 0.2) is 9.84 Å². The van der Waals surface area contributed by atoms with Crippen molar-refractivity contribution in [3.8, 4) is 0 Å². The van der Waals surface area contributed by atoms with Gasteiger partial charge >= 0.3 is 5.97 Å². The van der Waals surface area contributed by atoms with Crippen molar-refractivity contribution in [3.63, 3.8) is 0 Å². The van der Waals surface area contributed by atoms with Crippen LogP contribution < -0.4 is 0 Å². The molecule has 0 aliphatic heterocycles. The first-order valence-corrected chi connectivity index (χ1v) is 8.15. The number of benzene rings is 2. The average Bonchev–Trinajstić information content (AvgIpc) is 2.39. The third kappa shape index (κ3) is 3.08. The van der Waals surface area contributed by atoms with Crippen molar-refractivity contribution in [2.45, 2.75) is 10.6 Å². The van der Waals surface area contributed by atoms with Crippen LogP contribution in [0.15, 0.2) is 57.9 Å². The van der Waals surface area contributed by atoms with Crippen LogP contribution in [0.1, 0.15) is 15.9 Å². The van der Waals surface area contributed by atoms with Gasteiger partial charge in [-0.25, -0.2) is 13.2 Å². The Morgan fingerprint density at radius 3 is 2.30 bits per heavy atom. The molecule has 6 heteroatoms. The third-order valence-corrected chi connectivity index (χ3v) is 5.44. The molecule has 104 valence electrons. The molecule has 0 unspecified atom stereocenters. The Morgan fingerprint density at radius 1 is 1.05 bits per heavy atom. The predicted octanol–water partition coefficient (Wildman–Crippen LogP) is 3.12. The predicted molar refractivity (Wildman–Crippen MR) is 78.4 cm³/mol. The molecule has 2 aromatic carbocycles. The fourth-order valence-corrected chi connectivity index (χ4v) is 4.33. The molecule has 0 saturated carbocycles. The summed E-state index contributed by atoms with van der Waals surface area (Å²) in [6.45, 7) is 0. The lowest BCUT2D eigenvalue weighted by molar-refractivity contribution is 0.0696. The molecule has 0 amide bonds. The van der Waals surface area contributed by atoms with E-state index in [4.69, 9.17) is 5.11 Å². The van der Waals surface area contributed by atoms with Crippen LogP contribution in [-0.4, -0.2) is 19.5 Å². The lowest BCUT2D eigenvalue weighted by Gasteiger charge is -2.08. The van der Waals surface area contributed by atoms with E-state index in [-0.39, 0.29) is 21.8 Å². The quantitative estimate of drug-likeness (QED) is 0.915. The lowest BCUT2D eigenvalue weighted by Crippen LogP contribution is -2.10. The fourth-order valence-electron chi connectivity index (χ4n) is 1.83. The summed E-state index contributed by atoms with van der Waals surface area (Å²) in [4.78, 5) is 11.3. The first-order valence-electron chi connectivity index (χ1n) is 5.70. The topological polar surface area (TPSA) is 71.4 Å². The summed E-state index contributed by atoms with van der Waals surface area (Å²) < 4.78 is 25.2. The Labute approximate surface area is 125 Å². The van der Waals surface area contributed by atoms with Crippen LogP contribution in [0.5, 0.6) is 0 Å². The van der Waals surface area contributed by atoms with Gasteiger partial charge in [0.2, 0.25) is 0 Å². The maximum Gasteiger partial charge on any atom is 0.335 e. The SMILES string of the molecule is O=C(O)c1ccccc1CS(=O)(=O)c1ccccc1Br. The number of carbonyl (C=O) groups is 1. The van der Waals surface area contributed by atoms with Crippen LogP contribution in [-0.2, 0) is 15.6 Å². The zero-order valence-corrected chi connectivity index (χ0v) is 12.7. The normalized spacial score (nSPS) is 11.2. The molecular weight excluding hydrogens is 344 g/mol. The Balaban J connectivity index is 2.45. The highest BCUT2D eigenvalue weighted by Gasteiger charge is 2.21. The number of aromatic carboxylic acids is 1. The van der Waals surface area contributed by atoms with E-state index in [0.29, 0.717) is 4.47 Å². The zero-order chi connectivity index (χ0) is 14.8. The van der Waals surface area contributed by atoms with E-state index in [1.807, 2.05) is 0 Å². The van der Waals surface area contributed by atoms with Gasteiger partial charge in [0.1, 0.15) is 0 Å². The molecule has 0 aliphatic carbocycles. The molecule has 0 heterocycles. The number of halogens is 1. The van der Waals surface area contributed by atoms with Gasteiger partial charge in [-0.1, -0.05) is 30.3 Å². The van der Waals surface area contributed by atoms with Crippen molar-refractivity contribution < 1.29 is 18.3 Å². The maximum absolute atomic E-state index is 12.4. The first kappa shape index (κ1) is 14.7. The lowest BCUT2D eigenvalue weighted by atomic mass is 10.1. The molecule has 0 aliphatic rings. The largest absolute Gasteiger partial charge is 0.478 e. The zero-order valence-electron chi connectivity index (χ0n) is 10.3. The standard InChI is InChI=1S/C14H11BrO4S/c15-12-7-3-4-8-13(12)20(18,19)9-10-5-1-2-6-11(10)14(16)17/h1-8H,9H2,(H,16,17). The van der Waals surface area contributed by atoms with Crippen molar-refractivity contribution >= 4 is 31.7 Å². The Morgan fingerprint density at radius 2 is 1.65 bits per heavy atom. The van der Waals surface area contributed by atoms with Gasteiger partial charge in [-0.2, -0.15) is 0 Å². The summed E-state index contributed by atoms with van der Waals surface area (Å²) in [5.74, 6) is -1.49. The van der Waals surface area contributed by atoms with E-state index < -0.39 is 15.8 Å². The number of hydrogen-bond donors (Lipinski definition) is 1. The molecule has 2 aromatic rings. The van der Waals surface area contributed by atoms with Crippen LogP contribution in [0.25, 0.3) is 0 Å². The van der Waals surface area contributed by atoms with Crippen LogP contribution >= 0.6 is 15.9 Å². The number of sulfone groups is 1. The van der Waals surface area contributed by atoms with E-state index >= 15 is 0 Å². The first-order chi connectivity index (χ1) is 9.42. The molecule has 1 N–H and O–H groups in total. The molecular formula is C14H11BrO4S. The number of hydrogen-bond acceptors (Lipinski definition) is 3. The second-order valence-corrected chi connectivity index (χ2v) is 6.96.